The maximum atomic E-state index is 5.98. The molecule has 2 aromatic carbocycles. The number of benzene rings is 2. The largest absolute Gasteiger partial charge is 0.479 e. The van der Waals surface area contributed by atoms with Gasteiger partial charge in [0.1, 0.15) is 18.0 Å². The Morgan fingerprint density at radius 2 is 2.00 bits per heavy atom. The summed E-state index contributed by atoms with van der Waals surface area (Å²) >= 11 is 5.98. The SMILES string of the molecule is C#CCOc1ccc(Cl)cc1N=Cc1ccc(C)cc1. The van der Waals surface area contributed by atoms with Gasteiger partial charge in [0, 0.05) is 11.2 Å². The summed E-state index contributed by atoms with van der Waals surface area (Å²) in [6.07, 6.45) is 6.97. The summed E-state index contributed by atoms with van der Waals surface area (Å²) in [5, 5.41) is 0.606. The Bertz CT molecular complexity index is 654. The van der Waals surface area contributed by atoms with E-state index in [-0.39, 0.29) is 6.61 Å². The molecule has 2 nitrogen and oxygen atoms in total. The molecular formula is C17H14ClNO. The lowest BCUT2D eigenvalue weighted by molar-refractivity contribution is 0.372. The van der Waals surface area contributed by atoms with Crippen molar-refractivity contribution >= 4 is 23.5 Å². The van der Waals surface area contributed by atoms with Gasteiger partial charge < -0.3 is 4.74 Å². The number of halogens is 1. The van der Waals surface area contributed by atoms with E-state index in [1.807, 2.05) is 31.2 Å². The Hall–Kier alpha value is -2.24. The van der Waals surface area contributed by atoms with E-state index in [0.29, 0.717) is 16.5 Å². The van der Waals surface area contributed by atoms with Crippen LogP contribution in [0.2, 0.25) is 5.02 Å². The van der Waals surface area contributed by atoms with Crippen molar-refractivity contribution in [1.82, 2.24) is 0 Å². The number of hydrogen-bond acceptors (Lipinski definition) is 2. The highest BCUT2D eigenvalue weighted by atomic mass is 35.5. The lowest BCUT2D eigenvalue weighted by atomic mass is 10.2. The van der Waals surface area contributed by atoms with Crippen molar-refractivity contribution in [3.63, 3.8) is 0 Å². The van der Waals surface area contributed by atoms with E-state index in [1.165, 1.54) is 5.56 Å². The molecule has 0 amide bonds. The molecule has 0 radical (unpaired) electrons. The molecule has 0 fully saturated rings. The molecule has 0 saturated carbocycles. The van der Waals surface area contributed by atoms with Gasteiger partial charge in [-0.3, -0.25) is 4.99 Å². The van der Waals surface area contributed by atoms with E-state index in [4.69, 9.17) is 22.8 Å². The minimum Gasteiger partial charge on any atom is -0.479 e. The number of terminal acetylenes is 1. The molecule has 0 saturated heterocycles. The van der Waals surface area contributed by atoms with Crippen LogP contribution in [-0.2, 0) is 0 Å². The van der Waals surface area contributed by atoms with Crippen molar-refractivity contribution in [3.8, 4) is 18.1 Å². The first kappa shape index (κ1) is 14.2. The van der Waals surface area contributed by atoms with Crippen LogP contribution in [0.1, 0.15) is 11.1 Å². The number of aliphatic imine (C=N–C) groups is 1. The second-order valence-corrected chi connectivity index (χ2v) is 4.71. The summed E-state index contributed by atoms with van der Waals surface area (Å²) in [5.74, 6) is 3.05. The Morgan fingerprint density at radius 3 is 2.70 bits per heavy atom. The molecule has 0 aliphatic rings. The van der Waals surface area contributed by atoms with E-state index in [2.05, 4.69) is 10.9 Å². The van der Waals surface area contributed by atoms with Gasteiger partial charge in [-0.2, -0.15) is 0 Å². The Morgan fingerprint density at radius 1 is 1.25 bits per heavy atom. The van der Waals surface area contributed by atoms with Gasteiger partial charge in [-0.1, -0.05) is 47.4 Å². The normalized spacial score (nSPS) is 10.4. The second kappa shape index (κ2) is 6.79. The summed E-state index contributed by atoms with van der Waals surface area (Å²) in [7, 11) is 0. The Labute approximate surface area is 124 Å². The van der Waals surface area contributed by atoms with Crippen LogP contribution in [0.15, 0.2) is 47.5 Å². The summed E-state index contributed by atoms with van der Waals surface area (Å²) < 4.78 is 5.44. The van der Waals surface area contributed by atoms with Crippen molar-refractivity contribution in [3.05, 3.63) is 58.6 Å². The van der Waals surface area contributed by atoms with E-state index in [1.54, 1.807) is 24.4 Å². The molecule has 0 aliphatic carbocycles. The molecule has 0 N–H and O–H groups in total. The van der Waals surface area contributed by atoms with Crippen LogP contribution in [0.5, 0.6) is 5.75 Å². The van der Waals surface area contributed by atoms with Gasteiger partial charge >= 0.3 is 0 Å². The maximum Gasteiger partial charge on any atom is 0.148 e. The Kier molecular flexibility index (Phi) is 4.81. The lowest BCUT2D eigenvalue weighted by Crippen LogP contribution is -1.93. The standard InChI is InChI=1S/C17H14ClNO/c1-3-10-20-17-9-8-15(18)11-16(17)19-12-14-6-4-13(2)5-7-14/h1,4-9,11-12H,10H2,2H3. The molecule has 2 rings (SSSR count). The van der Waals surface area contributed by atoms with E-state index in [9.17, 15) is 0 Å². The van der Waals surface area contributed by atoms with Crippen LogP contribution in [0.25, 0.3) is 0 Å². The molecule has 0 aliphatic heterocycles. The predicted molar refractivity (Wildman–Crippen MR) is 84.2 cm³/mol. The third-order valence-electron chi connectivity index (χ3n) is 2.66. The molecule has 0 unspecified atom stereocenters. The fourth-order valence-electron chi connectivity index (χ4n) is 1.63. The summed E-state index contributed by atoms with van der Waals surface area (Å²) in [5.41, 5.74) is 2.88. The molecule has 0 aromatic heterocycles. The highest BCUT2D eigenvalue weighted by Crippen LogP contribution is 2.30. The molecule has 0 bridgehead atoms. The molecule has 0 atom stereocenters. The van der Waals surface area contributed by atoms with Crippen LogP contribution in [0.4, 0.5) is 5.69 Å². The highest BCUT2D eigenvalue weighted by Gasteiger charge is 2.02. The molecule has 100 valence electrons. The summed E-state index contributed by atoms with van der Waals surface area (Å²) in [4.78, 5) is 4.42. The molecule has 2 aromatic rings. The van der Waals surface area contributed by atoms with Crippen LogP contribution in [-0.4, -0.2) is 12.8 Å². The van der Waals surface area contributed by atoms with E-state index in [0.717, 1.165) is 5.56 Å². The maximum absolute atomic E-state index is 5.98. The smallest absolute Gasteiger partial charge is 0.148 e. The third-order valence-corrected chi connectivity index (χ3v) is 2.90. The van der Waals surface area contributed by atoms with Gasteiger partial charge in [0.25, 0.3) is 0 Å². The number of nitrogens with zero attached hydrogens (tertiary/aromatic N) is 1. The lowest BCUT2D eigenvalue weighted by Gasteiger charge is -2.06. The summed E-state index contributed by atoms with van der Waals surface area (Å²) in [6.45, 7) is 2.25. The van der Waals surface area contributed by atoms with Crippen molar-refractivity contribution in [2.24, 2.45) is 4.99 Å². The average molecular weight is 284 g/mol. The predicted octanol–water partition coefficient (Wildman–Crippen LogP) is 4.41. The minimum atomic E-state index is 0.203. The van der Waals surface area contributed by atoms with Gasteiger partial charge in [-0.15, -0.1) is 6.42 Å². The third kappa shape index (κ3) is 3.88. The van der Waals surface area contributed by atoms with Gasteiger partial charge in [0.15, 0.2) is 0 Å². The second-order valence-electron chi connectivity index (χ2n) is 4.27. The zero-order chi connectivity index (χ0) is 14.4. The molecule has 20 heavy (non-hydrogen) atoms. The van der Waals surface area contributed by atoms with Gasteiger partial charge in [0.05, 0.1) is 0 Å². The van der Waals surface area contributed by atoms with Crippen molar-refractivity contribution in [2.75, 3.05) is 6.61 Å². The summed E-state index contributed by atoms with van der Waals surface area (Å²) in [6, 6.07) is 13.3. The monoisotopic (exact) mass is 283 g/mol. The molecular weight excluding hydrogens is 270 g/mol. The van der Waals surface area contributed by atoms with E-state index < -0.39 is 0 Å². The van der Waals surface area contributed by atoms with Crippen LogP contribution >= 0.6 is 11.6 Å². The first-order valence-electron chi connectivity index (χ1n) is 6.15. The number of rotatable bonds is 4. The molecule has 0 spiro atoms. The van der Waals surface area contributed by atoms with Crippen LogP contribution in [0.3, 0.4) is 0 Å². The zero-order valence-corrected chi connectivity index (χ0v) is 11.9. The van der Waals surface area contributed by atoms with Crippen LogP contribution in [0, 0.1) is 19.3 Å². The number of ether oxygens (including phenoxy) is 1. The first-order valence-corrected chi connectivity index (χ1v) is 6.53. The quantitative estimate of drug-likeness (QED) is 0.601. The average Bonchev–Trinajstić information content (AvgIpc) is 2.46. The molecule has 0 heterocycles. The van der Waals surface area contributed by atoms with Crippen molar-refractivity contribution in [2.45, 2.75) is 6.92 Å². The number of aryl methyl sites for hydroxylation is 1. The highest BCUT2D eigenvalue weighted by molar-refractivity contribution is 6.30. The van der Waals surface area contributed by atoms with Gasteiger partial charge in [-0.25, -0.2) is 0 Å². The minimum absolute atomic E-state index is 0.203. The molecule has 3 heteroatoms. The number of hydrogen-bond donors (Lipinski definition) is 0. The first-order chi connectivity index (χ1) is 9.69. The van der Waals surface area contributed by atoms with Crippen LogP contribution < -0.4 is 4.74 Å². The van der Waals surface area contributed by atoms with Gasteiger partial charge in [0.2, 0.25) is 0 Å². The van der Waals surface area contributed by atoms with Gasteiger partial charge in [-0.05, 0) is 30.7 Å². The van der Waals surface area contributed by atoms with E-state index >= 15 is 0 Å². The Balaban J connectivity index is 2.25. The topological polar surface area (TPSA) is 21.6 Å². The van der Waals surface area contributed by atoms with Crippen molar-refractivity contribution < 1.29 is 4.74 Å². The zero-order valence-electron chi connectivity index (χ0n) is 11.1. The fourth-order valence-corrected chi connectivity index (χ4v) is 1.80. The fraction of sp³-hybridized carbons (Fsp3) is 0.118. The van der Waals surface area contributed by atoms with Crippen molar-refractivity contribution in [1.29, 1.82) is 0 Å².